The summed E-state index contributed by atoms with van der Waals surface area (Å²) >= 11 is 0. The predicted octanol–water partition coefficient (Wildman–Crippen LogP) is 3.36. The van der Waals surface area contributed by atoms with E-state index in [2.05, 4.69) is 10.2 Å². The van der Waals surface area contributed by atoms with Crippen molar-refractivity contribution in [3.8, 4) is 0 Å². The van der Waals surface area contributed by atoms with E-state index in [4.69, 9.17) is 4.42 Å². The van der Waals surface area contributed by atoms with Crippen molar-refractivity contribution in [2.45, 2.75) is 51.0 Å². The van der Waals surface area contributed by atoms with E-state index in [9.17, 15) is 4.79 Å². The molecule has 1 aliphatic carbocycles. The van der Waals surface area contributed by atoms with Crippen LogP contribution in [0.25, 0.3) is 0 Å². The van der Waals surface area contributed by atoms with Gasteiger partial charge in [0.15, 0.2) is 0 Å². The molecule has 0 radical (unpaired) electrons. The zero-order valence-electron chi connectivity index (χ0n) is 13.3. The molecule has 1 saturated carbocycles. The molecule has 4 heteroatoms. The topological polar surface area (TPSA) is 45.5 Å². The summed E-state index contributed by atoms with van der Waals surface area (Å²) in [5.41, 5.74) is 0. The van der Waals surface area contributed by atoms with E-state index in [0.717, 1.165) is 18.1 Å². The number of rotatable bonds is 7. The Balaban J connectivity index is 1.71. The third-order valence-electron chi connectivity index (χ3n) is 4.49. The molecule has 1 atom stereocenters. The largest absolute Gasteiger partial charge is 0.468 e. The van der Waals surface area contributed by atoms with E-state index in [0.29, 0.717) is 13.0 Å². The van der Waals surface area contributed by atoms with Gasteiger partial charge in [-0.2, -0.15) is 0 Å². The van der Waals surface area contributed by atoms with Crippen molar-refractivity contribution < 1.29 is 9.21 Å². The van der Waals surface area contributed by atoms with E-state index in [1.54, 1.807) is 6.26 Å². The Kier molecular flexibility index (Phi) is 6.30. The van der Waals surface area contributed by atoms with Crippen LogP contribution in [0, 0.1) is 5.92 Å². The number of hydrogen-bond acceptors (Lipinski definition) is 3. The van der Waals surface area contributed by atoms with Gasteiger partial charge in [0.2, 0.25) is 5.91 Å². The minimum atomic E-state index is 0.0960. The van der Waals surface area contributed by atoms with Crippen molar-refractivity contribution in [2.24, 2.45) is 5.92 Å². The van der Waals surface area contributed by atoms with Gasteiger partial charge in [-0.05, 0) is 38.6 Å². The molecule has 1 N–H and O–H groups in total. The van der Waals surface area contributed by atoms with Gasteiger partial charge < -0.3 is 9.73 Å². The standard InChI is InChI=1S/C17H28N2O2/c1-19(2)15(16-9-6-12-21-16)13-18-17(20)11-10-14-7-4-3-5-8-14/h6,9,12,14-15H,3-5,7-8,10-11,13H2,1-2H3,(H,18,20). The smallest absolute Gasteiger partial charge is 0.220 e. The molecule has 118 valence electrons. The first kappa shape index (κ1) is 16.1. The molecule has 1 amide bonds. The average molecular weight is 292 g/mol. The molecule has 0 saturated heterocycles. The third-order valence-corrected chi connectivity index (χ3v) is 4.49. The first-order valence-corrected chi connectivity index (χ1v) is 8.13. The Morgan fingerprint density at radius 3 is 2.76 bits per heavy atom. The molecule has 0 aliphatic heterocycles. The van der Waals surface area contributed by atoms with Gasteiger partial charge in [0.1, 0.15) is 5.76 Å². The predicted molar refractivity (Wildman–Crippen MR) is 84.0 cm³/mol. The maximum Gasteiger partial charge on any atom is 0.220 e. The average Bonchev–Trinajstić information content (AvgIpc) is 3.00. The summed E-state index contributed by atoms with van der Waals surface area (Å²) in [6.07, 6.45) is 10.0. The molecule has 1 aromatic rings. The summed E-state index contributed by atoms with van der Waals surface area (Å²) in [4.78, 5) is 14.1. The Bertz CT molecular complexity index is 408. The van der Waals surface area contributed by atoms with Crippen LogP contribution >= 0.6 is 0 Å². The summed E-state index contributed by atoms with van der Waals surface area (Å²) in [6, 6.07) is 3.94. The molecule has 1 aliphatic rings. The van der Waals surface area contributed by atoms with Gasteiger partial charge in [0.25, 0.3) is 0 Å². The maximum absolute atomic E-state index is 12.0. The van der Waals surface area contributed by atoms with Gasteiger partial charge in [-0.1, -0.05) is 32.1 Å². The number of hydrogen-bond donors (Lipinski definition) is 1. The fourth-order valence-electron chi connectivity index (χ4n) is 3.13. The molecular formula is C17H28N2O2. The van der Waals surface area contributed by atoms with Crippen molar-refractivity contribution in [1.82, 2.24) is 10.2 Å². The quantitative estimate of drug-likeness (QED) is 0.838. The minimum Gasteiger partial charge on any atom is -0.468 e. The number of nitrogens with zero attached hydrogens (tertiary/aromatic N) is 1. The highest BCUT2D eigenvalue weighted by Gasteiger charge is 2.19. The molecule has 2 rings (SSSR count). The molecular weight excluding hydrogens is 264 g/mol. The number of nitrogens with one attached hydrogen (secondary N) is 1. The molecule has 1 unspecified atom stereocenters. The number of likely N-dealkylation sites (N-methyl/N-ethyl adjacent to an activating group) is 1. The van der Waals surface area contributed by atoms with Crippen LogP contribution in [-0.4, -0.2) is 31.4 Å². The fourth-order valence-corrected chi connectivity index (χ4v) is 3.13. The van der Waals surface area contributed by atoms with Gasteiger partial charge >= 0.3 is 0 Å². The zero-order valence-corrected chi connectivity index (χ0v) is 13.3. The van der Waals surface area contributed by atoms with Crippen LogP contribution in [0.2, 0.25) is 0 Å². The number of carbonyl (C=O) groups excluding carboxylic acids is 1. The Labute approximate surface area is 127 Å². The highest BCUT2D eigenvalue weighted by molar-refractivity contribution is 5.75. The second kappa shape index (κ2) is 8.23. The zero-order chi connectivity index (χ0) is 15.1. The third kappa shape index (κ3) is 5.20. The van der Waals surface area contributed by atoms with Crippen LogP contribution in [0.3, 0.4) is 0 Å². The summed E-state index contributed by atoms with van der Waals surface area (Å²) in [6.45, 7) is 0.601. The van der Waals surface area contributed by atoms with Crippen LogP contribution in [-0.2, 0) is 4.79 Å². The highest BCUT2D eigenvalue weighted by atomic mass is 16.3. The first-order valence-electron chi connectivity index (χ1n) is 8.13. The number of carbonyl (C=O) groups is 1. The van der Waals surface area contributed by atoms with Gasteiger partial charge in [0, 0.05) is 13.0 Å². The molecule has 1 aromatic heterocycles. The van der Waals surface area contributed by atoms with E-state index < -0.39 is 0 Å². The molecule has 4 nitrogen and oxygen atoms in total. The Morgan fingerprint density at radius 2 is 2.14 bits per heavy atom. The maximum atomic E-state index is 12.0. The molecule has 0 spiro atoms. The van der Waals surface area contributed by atoms with Gasteiger partial charge in [0.05, 0.1) is 12.3 Å². The summed E-state index contributed by atoms with van der Waals surface area (Å²) in [5.74, 6) is 1.82. The normalized spacial score (nSPS) is 17.9. The van der Waals surface area contributed by atoms with E-state index >= 15 is 0 Å². The highest BCUT2D eigenvalue weighted by Crippen LogP contribution is 2.27. The lowest BCUT2D eigenvalue weighted by atomic mass is 9.86. The van der Waals surface area contributed by atoms with Gasteiger partial charge in [-0.15, -0.1) is 0 Å². The van der Waals surface area contributed by atoms with Crippen molar-refractivity contribution in [3.63, 3.8) is 0 Å². The second-order valence-corrected chi connectivity index (χ2v) is 6.34. The Hall–Kier alpha value is -1.29. The van der Waals surface area contributed by atoms with Crippen LogP contribution in [0.4, 0.5) is 0 Å². The monoisotopic (exact) mass is 292 g/mol. The fraction of sp³-hybridized carbons (Fsp3) is 0.706. The Morgan fingerprint density at radius 1 is 1.38 bits per heavy atom. The summed E-state index contributed by atoms with van der Waals surface area (Å²) in [5, 5.41) is 3.05. The van der Waals surface area contributed by atoms with Gasteiger partial charge in [-0.25, -0.2) is 0 Å². The molecule has 1 heterocycles. The molecule has 0 bridgehead atoms. The van der Waals surface area contributed by atoms with Crippen molar-refractivity contribution in [2.75, 3.05) is 20.6 Å². The van der Waals surface area contributed by atoms with E-state index in [1.807, 2.05) is 26.2 Å². The molecule has 0 aromatic carbocycles. The lowest BCUT2D eigenvalue weighted by molar-refractivity contribution is -0.121. The van der Waals surface area contributed by atoms with Crippen molar-refractivity contribution in [1.29, 1.82) is 0 Å². The minimum absolute atomic E-state index is 0.0960. The van der Waals surface area contributed by atoms with Crippen molar-refractivity contribution in [3.05, 3.63) is 24.2 Å². The lowest BCUT2D eigenvalue weighted by Crippen LogP contribution is -2.34. The van der Waals surface area contributed by atoms with E-state index in [1.165, 1.54) is 32.1 Å². The van der Waals surface area contributed by atoms with Crippen LogP contribution < -0.4 is 5.32 Å². The van der Waals surface area contributed by atoms with E-state index in [-0.39, 0.29) is 11.9 Å². The van der Waals surface area contributed by atoms with Crippen LogP contribution in [0.5, 0.6) is 0 Å². The summed E-state index contributed by atoms with van der Waals surface area (Å²) in [7, 11) is 4.00. The second-order valence-electron chi connectivity index (χ2n) is 6.34. The van der Waals surface area contributed by atoms with Gasteiger partial charge in [-0.3, -0.25) is 9.69 Å². The summed E-state index contributed by atoms with van der Waals surface area (Å²) < 4.78 is 5.45. The SMILES string of the molecule is CN(C)C(CNC(=O)CCC1CCCCC1)c1ccco1. The van der Waals surface area contributed by atoms with Crippen LogP contribution in [0.1, 0.15) is 56.7 Å². The first-order chi connectivity index (χ1) is 10.2. The molecule has 1 fully saturated rings. The number of amides is 1. The van der Waals surface area contributed by atoms with Crippen molar-refractivity contribution >= 4 is 5.91 Å². The lowest BCUT2D eigenvalue weighted by Gasteiger charge is -2.23. The number of furan rings is 1. The molecule has 21 heavy (non-hydrogen) atoms. The van der Waals surface area contributed by atoms with Crippen LogP contribution in [0.15, 0.2) is 22.8 Å².